The van der Waals surface area contributed by atoms with Crippen molar-refractivity contribution in [3.05, 3.63) is 35.0 Å². The topological polar surface area (TPSA) is 82.2 Å². The van der Waals surface area contributed by atoms with Gasteiger partial charge in [-0.2, -0.15) is 0 Å². The number of hydrogen-bond donors (Lipinski definition) is 3. The summed E-state index contributed by atoms with van der Waals surface area (Å²) >= 11 is 0. The molecule has 1 unspecified atom stereocenters. The number of H-pyrrole nitrogens is 1. The maximum Gasteiger partial charge on any atom is 0.308 e. The maximum atomic E-state index is 12.5. The predicted molar refractivity (Wildman–Crippen MR) is 90.7 cm³/mol. The quantitative estimate of drug-likeness (QED) is 0.765. The van der Waals surface area contributed by atoms with Crippen molar-refractivity contribution in [2.24, 2.45) is 11.8 Å². The highest BCUT2D eigenvalue weighted by molar-refractivity contribution is 6.06. The molecule has 0 aliphatic heterocycles. The minimum absolute atomic E-state index is 0.140. The average Bonchev–Trinajstić information content (AvgIpc) is 2.78. The number of para-hydroxylation sites is 1. The largest absolute Gasteiger partial charge is 0.481 e. The van der Waals surface area contributed by atoms with Crippen LogP contribution in [0.3, 0.4) is 0 Å². The van der Waals surface area contributed by atoms with Crippen LogP contribution in [0.5, 0.6) is 0 Å². The van der Waals surface area contributed by atoms with Crippen molar-refractivity contribution in [3.8, 4) is 0 Å². The third-order valence-corrected chi connectivity index (χ3v) is 4.20. The van der Waals surface area contributed by atoms with Gasteiger partial charge in [-0.15, -0.1) is 0 Å². The summed E-state index contributed by atoms with van der Waals surface area (Å²) in [4.78, 5) is 27.0. The number of aliphatic carboxylic acids is 1. The van der Waals surface area contributed by atoms with E-state index in [0.717, 1.165) is 22.2 Å². The zero-order chi connectivity index (χ0) is 17.1. The van der Waals surface area contributed by atoms with Crippen LogP contribution in [-0.4, -0.2) is 28.5 Å². The smallest absolute Gasteiger partial charge is 0.308 e. The Morgan fingerprint density at radius 3 is 2.57 bits per heavy atom. The van der Waals surface area contributed by atoms with Crippen LogP contribution in [0.4, 0.5) is 0 Å². The highest BCUT2D eigenvalue weighted by atomic mass is 16.4. The van der Waals surface area contributed by atoms with Gasteiger partial charge in [-0.25, -0.2) is 0 Å². The number of carbonyl (C=O) groups excluding carboxylic acids is 1. The van der Waals surface area contributed by atoms with Crippen molar-refractivity contribution in [1.29, 1.82) is 0 Å². The summed E-state index contributed by atoms with van der Waals surface area (Å²) in [6, 6.07) is 5.58. The van der Waals surface area contributed by atoms with E-state index >= 15 is 0 Å². The summed E-state index contributed by atoms with van der Waals surface area (Å²) in [6.45, 7) is 8.08. The van der Waals surface area contributed by atoms with E-state index in [1.165, 1.54) is 0 Å². The molecule has 2 rings (SSSR count). The molecule has 124 valence electrons. The molecule has 1 heterocycles. The van der Waals surface area contributed by atoms with Gasteiger partial charge in [0.25, 0.3) is 5.91 Å². The van der Waals surface area contributed by atoms with Crippen molar-refractivity contribution >= 4 is 22.8 Å². The molecule has 0 spiro atoms. The van der Waals surface area contributed by atoms with Gasteiger partial charge in [-0.05, 0) is 37.8 Å². The second kappa shape index (κ2) is 6.86. The summed E-state index contributed by atoms with van der Waals surface area (Å²) in [5.74, 6) is -1.41. The zero-order valence-electron chi connectivity index (χ0n) is 14.1. The van der Waals surface area contributed by atoms with E-state index < -0.39 is 11.9 Å². The first-order valence-electron chi connectivity index (χ1n) is 7.90. The van der Waals surface area contributed by atoms with E-state index in [9.17, 15) is 14.7 Å². The van der Waals surface area contributed by atoms with Crippen molar-refractivity contribution < 1.29 is 14.7 Å². The van der Waals surface area contributed by atoms with E-state index in [-0.39, 0.29) is 18.4 Å². The molecule has 0 radical (unpaired) electrons. The fourth-order valence-corrected chi connectivity index (χ4v) is 2.82. The van der Waals surface area contributed by atoms with Crippen LogP contribution < -0.4 is 5.32 Å². The minimum atomic E-state index is -0.872. The molecule has 1 amide bonds. The van der Waals surface area contributed by atoms with Crippen molar-refractivity contribution in [2.45, 2.75) is 34.1 Å². The molecular formula is C18H24N2O3. The second-order valence-corrected chi connectivity index (χ2v) is 6.48. The first-order chi connectivity index (χ1) is 10.8. The molecule has 1 aromatic carbocycles. The summed E-state index contributed by atoms with van der Waals surface area (Å²) in [5.41, 5.74) is 3.50. The van der Waals surface area contributed by atoms with Crippen LogP contribution in [-0.2, 0) is 4.79 Å². The number of hydrogen-bond acceptors (Lipinski definition) is 2. The molecule has 0 aliphatic carbocycles. The molecule has 0 aliphatic rings. The van der Waals surface area contributed by atoms with Gasteiger partial charge >= 0.3 is 5.97 Å². The van der Waals surface area contributed by atoms with Crippen molar-refractivity contribution in [3.63, 3.8) is 0 Å². The van der Waals surface area contributed by atoms with Gasteiger partial charge < -0.3 is 15.4 Å². The van der Waals surface area contributed by atoms with Crippen LogP contribution in [0.15, 0.2) is 18.2 Å². The number of rotatable bonds is 6. The number of carboxylic acids is 1. The molecule has 0 fully saturated rings. The molecular weight excluding hydrogens is 292 g/mol. The summed E-state index contributed by atoms with van der Waals surface area (Å²) in [6.07, 6.45) is 0.542. The van der Waals surface area contributed by atoms with Gasteiger partial charge in [0, 0.05) is 17.6 Å². The number of aromatic nitrogens is 1. The number of carboxylic acid groups (broad SMARTS) is 1. The highest BCUT2D eigenvalue weighted by Gasteiger charge is 2.21. The normalized spacial score (nSPS) is 12.6. The molecule has 1 atom stereocenters. The Morgan fingerprint density at radius 1 is 1.26 bits per heavy atom. The molecule has 3 N–H and O–H groups in total. The lowest BCUT2D eigenvalue weighted by Gasteiger charge is -2.15. The van der Waals surface area contributed by atoms with Gasteiger partial charge in [0.2, 0.25) is 0 Å². The fourth-order valence-electron chi connectivity index (χ4n) is 2.82. The summed E-state index contributed by atoms with van der Waals surface area (Å²) in [5, 5.41) is 13.0. The lowest BCUT2D eigenvalue weighted by Crippen LogP contribution is -2.33. The standard InChI is InChI=1S/C18H24N2O3/c1-10(2)8-13(18(22)23)9-19-17(21)15-7-5-6-14-11(3)12(4)20-16(14)15/h5-7,10,13,20H,8-9H2,1-4H3,(H,19,21)(H,22,23). The lowest BCUT2D eigenvalue weighted by atomic mass is 9.97. The van der Waals surface area contributed by atoms with E-state index in [1.807, 2.05) is 39.8 Å². The minimum Gasteiger partial charge on any atom is -0.481 e. The third kappa shape index (κ3) is 3.73. The molecule has 0 saturated carbocycles. The first-order valence-corrected chi connectivity index (χ1v) is 7.90. The Bertz CT molecular complexity index is 731. The molecule has 5 heteroatoms. The number of amides is 1. The van der Waals surface area contributed by atoms with Crippen LogP contribution in [0.25, 0.3) is 10.9 Å². The van der Waals surface area contributed by atoms with Crippen LogP contribution in [0.1, 0.15) is 41.9 Å². The van der Waals surface area contributed by atoms with Crippen LogP contribution in [0.2, 0.25) is 0 Å². The van der Waals surface area contributed by atoms with E-state index in [2.05, 4.69) is 10.3 Å². The molecule has 0 bridgehead atoms. The number of fused-ring (bicyclic) bond motifs is 1. The predicted octanol–water partition coefficient (Wildman–Crippen LogP) is 3.26. The van der Waals surface area contributed by atoms with Crippen LogP contribution in [0, 0.1) is 25.7 Å². The molecule has 23 heavy (non-hydrogen) atoms. The second-order valence-electron chi connectivity index (χ2n) is 6.48. The Morgan fingerprint density at radius 2 is 1.96 bits per heavy atom. The van der Waals surface area contributed by atoms with Gasteiger partial charge in [-0.1, -0.05) is 26.0 Å². The molecule has 1 aromatic heterocycles. The number of aromatic amines is 1. The number of nitrogens with one attached hydrogen (secondary N) is 2. The number of benzene rings is 1. The van der Waals surface area contributed by atoms with Gasteiger partial charge in [0.15, 0.2) is 0 Å². The number of aryl methyl sites for hydroxylation is 2. The molecule has 0 saturated heterocycles. The summed E-state index contributed by atoms with van der Waals surface area (Å²) in [7, 11) is 0. The SMILES string of the molecule is Cc1[nH]c2c(C(=O)NCC(CC(C)C)C(=O)O)cccc2c1C. The third-order valence-electron chi connectivity index (χ3n) is 4.20. The molecule has 2 aromatic rings. The van der Waals surface area contributed by atoms with E-state index in [1.54, 1.807) is 6.07 Å². The highest BCUT2D eigenvalue weighted by Crippen LogP contribution is 2.24. The lowest BCUT2D eigenvalue weighted by molar-refractivity contribution is -0.142. The Kier molecular flexibility index (Phi) is 5.08. The molecule has 5 nitrogen and oxygen atoms in total. The Balaban J connectivity index is 2.18. The summed E-state index contributed by atoms with van der Waals surface area (Å²) < 4.78 is 0. The van der Waals surface area contributed by atoms with Crippen molar-refractivity contribution in [2.75, 3.05) is 6.54 Å². The van der Waals surface area contributed by atoms with Gasteiger partial charge in [-0.3, -0.25) is 9.59 Å². The van der Waals surface area contributed by atoms with E-state index in [0.29, 0.717) is 12.0 Å². The van der Waals surface area contributed by atoms with Crippen molar-refractivity contribution in [1.82, 2.24) is 10.3 Å². The van der Waals surface area contributed by atoms with E-state index in [4.69, 9.17) is 0 Å². The van der Waals surface area contributed by atoms with Gasteiger partial charge in [0.05, 0.1) is 17.0 Å². The average molecular weight is 316 g/mol. The zero-order valence-corrected chi connectivity index (χ0v) is 14.1. The van der Waals surface area contributed by atoms with Crippen LogP contribution >= 0.6 is 0 Å². The first kappa shape index (κ1) is 17.1. The Hall–Kier alpha value is -2.30. The maximum absolute atomic E-state index is 12.5. The monoisotopic (exact) mass is 316 g/mol. The van der Waals surface area contributed by atoms with Gasteiger partial charge in [0.1, 0.15) is 0 Å². The Labute approximate surface area is 136 Å². The number of carbonyl (C=O) groups is 2. The fraction of sp³-hybridized carbons (Fsp3) is 0.444.